The van der Waals surface area contributed by atoms with Crippen molar-refractivity contribution in [3.8, 4) is 11.5 Å². The predicted octanol–water partition coefficient (Wildman–Crippen LogP) is 3.53. The number of benzene rings is 2. The van der Waals surface area contributed by atoms with Crippen LogP contribution in [0.4, 0.5) is 0 Å². The number of nitrogens with one attached hydrogen (secondary N) is 1. The molecular weight excluding hydrogens is 339 g/mol. The van der Waals surface area contributed by atoms with Gasteiger partial charge in [-0.25, -0.2) is 5.43 Å². The van der Waals surface area contributed by atoms with Crippen molar-refractivity contribution in [2.75, 3.05) is 13.7 Å². The maximum Gasteiger partial charge on any atom is 0.277 e. The zero-order valence-electron chi connectivity index (χ0n) is 12.3. The molecule has 1 amide bonds. The van der Waals surface area contributed by atoms with Crippen LogP contribution in [-0.4, -0.2) is 25.8 Å². The highest BCUT2D eigenvalue weighted by atomic mass is 35.5. The third kappa shape index (κ3) is 5.47. The van der Waals surface area contributed by atoms with Gasteiger partial charge in [-0.2, -0.15) is 5.10 Å². The lowest BCUT2D eigenvalue weighted by Crippen LogP contribution is -2.24. The molecule has 2 rings (SSSR count). The lowest BCUT2D eigenvalue weighted by molar-refractivity contribution is -0.123. The Hall–Kier alpha value is -2.24. The number of rotatable bonds is 6. The van der Waals surface area contributed by atoms with Gasteiger partial charge in [0, 0.05) is 0 Å². The van der Waals surface area contributed by atoms with Crippen molar-refractivity contribution in [1.82, 2.24) is 5.43 Å². The third-order valence-corrected chi connectivity index (χ3v) is 3.51. The fraction of sp³-hybridized carbons (Fsp3) is 0.125. The first kappa shape index (κ1) is 17.1. The second-order valence-electron chi connectivity index (χ2n) is 4.43. The Kier molecular flexibility index (Phi) is 6.26. The van der Waals surface area contributed by atoms with E-state index in [4.69, 9.17) is 32.7 Å². The van der Waals surface area contributed by atoms with Crippen LogP contribution in [0.3, 0.4) is 0 Å². The summed E-state index contributed by atoms with van der Waals surface area (Å²) in [5, 5.41) is 4.71. The summed E-state index contributed by atoms with van der Waals surface area (Å²) in [4.78, 5) is 11.6. The standard InChI is InChI=1S/C16H14Cl2N2O3/c1-22-12-3-5-13(6-4-12)23-10-16(21)20-19-9-11-2-7-14(17)15(18)8-11/h2-9H,10H2,1H3,(H,20,21)/b19-9-. The fourth-order valence-corrected chi connectivity index (χ4v) is 1.93. The molecule has 0 radical (unpaired) electrons. The van der Waals surface area contributed by atoms with E-state index in [1.165, 1.54) is 6.21 Å². The summed E-state index contributed by atoms with van der Waals surface area (Å²) in [7, 11) is 1.58. The molecule has 0 atom stereocenters. The molecule has 0 aliphatic heterocycles. The Morgan fingerprint density at radius 2 is 1.83 bits per heavy atom. The molecule has 0 saturated heterocycles. The van der Waals surface area contributed by atoms with E-state index >= 15 is 0 Å². The molecule has 0 aliphatic carbocycles. The molecule has 0 spiro atoms. The average molecular weight is 353 g/mol. The molecule has 0 bridgehead atoms. The average Bonchev–Trinajstić information content (AvgIpc) is 2.56. The van der Waals surface area contributed by atoms with E-state index in [1.54, 1.807) is 49.6 Å². The number of halogens is 2. The number of carbonyl (C=O) groups is 1. The quantitative estimate of drug-likeness (QED) is 0.638. The van der Waals surface area contributed by atoms with Gasteiger partial charge in [0.1, 0.15) is 11.5 Å². The van der Waals surface area contributed by atoms with Crippen molar-refractivity contribution in [3.63, 3.8) is 0 Å². The van der Waals surface area contributed by atoms with Crippen LogP contribution in [-0.2, 0) is 4.79 Å². The largest absolute Gasteiger partial charge is 0.497 e. The summed E-state index contributed by atoms with van der Waals surface area (Å²) in [5.41, 5.74) is 3.08. The topological polar surface area (TPSA) is 59.9 Å². The molecule has 0 aliphatic rings. The van der Waals surface area contributed by atoms with Crippen LogP contribution in [0.15, 0.2) is 47.6 Å². The summed E-state index contributed by atoms with van der Waals surface area (Å²) in [6.45, 7) is -0.148. The number of amides is 1. The van der Waals surface area contributed by atoms with Gasteiger partial charge in [0.25, 0.3) is 5.91 Å². The first-order chi connectivity index (χ1) is 11.1. The Bertz CT molecular complexity index is 703. The number of hydrogen-bond acceptors (Lipinski definition) is 4. The third-order valence-electron chi connectivity index (χ3n) is 2.78. The highest BCUT2D eigenvalue weighted by molar-refractivity contribution is 6.42. The Morgan fingerprint density at radius 1 is 1.13 bits per heavy atom. The van der Waals surface area contributed by atoms with Gasteiger partial charge in [-0.15, -0.1) is 0 Å². The summed E-state index contributed by atoms with van der Waals surface area (Å²) < 4.78 is 10.4. The normalized spacial score (nSPS) is 10.6. The molecule has 0 fully saturated rings. The molecule has 1 N–H and O–H groups in total. The van der Waals surface area contributed by atoms with Crippen LogP contribution in [0, 0.1) is 0 Å². The van der Waals surface area contributed by atoms with Gasteiger partial charge in [-0.1, -0.05) is 29.3 Å². The van der Waals surface area contributed by atoms with E-state index in [0.717, 1.165) is 5.56 Å². The van der Waals surface area contributed by atoms with E-state index in [1.807, 2.05) is 0 Å². The number of methoxy groups -OCH3 is 1. The molecule has 0 unspecified atom stereocenters. The zero-order valence-corrected chi connectivity index (χ0v) is 13.8. The lowest BCUT2D eigenvalue weighted by Gasteiger charge is -2.05. The van der Waals surface area contributed by atoms with Gasteiger partial charge in [-0.05, 0) is 42.0 Å². The fourth-order valence-electron chi connectivity index (χ4n) is 1.62. The molecule has 23 heavy (non-hydrogen) atoms. The van der Waals surface area contributed by atoms with Crippen LogP contribution >= 0.6 is 23.2 Å². The van der Waals surface area contributed by atoms with Crippen molar-refractivity contribution in [3.05, 3.63) is 58.1 Å². The van der Waals surface area contributed by atoms with Crippen molar-refractivity contribution >= 4 is 35.3 Å². The van der Waals surface area contributed by atoms with Crippen LogP contribution < -0.4 is 14.9 Å². The van der Waals surface area contributed by atoms with Gasteiger partial charge in [0.15, 0.2) is 6.61 Å². The molecule has 0 aromatic heterocycles. The SMILES string of the molecule is COc1ccc(OCC(=O)N/N=C\c2ccc(Cl)c(Cl)c2)cc1. The molecule has 2 aromatic rings. The van der Waals surface area contributed by atoms with Crippen molar-refractivity contribution < 1.29 is 14.3 Å². The number of carbonyl (C=O) groups excluding carboxylic acids is 1. The van der Waals surface area contributed by atoms with E-state index in [-0.39, 0.29) is 12.5 Å². The minimum absolute atomic E-state index is 0.148. The maximum atomic E-state index is 11.6. The molecule has 5 nitrogen and oxygen atoms in total. The van der Waals surface area contributed by atoms with Gasteiger partial charge in [0.05, 0.1) is 23.4 Å². The zero-order chi connectivity index (χ0) is 16.7. The summed E-state index contributed by atoms with van der Waals surface area (Å²) in [6.07, 6.45) is 1.47. The molecule has 120 valence electrons. The number of hydrazone groups is 1. The highest BCUT2D eigenvalue weighted by Crippen LogP contribution is 2.21. The van der Waals surface area contributed by atoms with Crippen LogP contribution in [0.5, 0.6) is 11.5 Å². The molecular formula is C16H14Cl2N2O3. The summed E-state index contributed by atoms with van der Waals surface area (Å²) in [6, 6.07) is 12.0. The second-order valence-corrected chi connectivity index (χ2v) is 5.25. The maximum absolute atomic E-state index is 11.6. The van der Waals surface area contributed by atoms with Crippen LogP contribution in [0.2, 0.25) is 10.0 Å². The molecule has 7 heteroatoms. The second kappa shape index (κ2) is 8.41. The number of ether oxygens (including phenoxy) is 2. The van der Waals surface area contributed by atoms with E-state index < -0.39 is 0 Å². The Balaban J connectivity index is 1.79. The Morgan fingerprint density at radius 3 is 2.48 bits per heavy atom. The van der Waals surface area contributed by atoms with Crippen molar-refractivity contribution in [1.29, 1.82) is 0 Å². The number of hydrogen-bond donors (Lipinski definition) is 1. The van der Waals surface area contributed by atoms with E-state index in [0.29, 0.717) is 21.5 Å². The molecule has 0 heterocycles. The monoisotopic (exact) mass is 352 g/mol. The molecule has 0 saturated carbocycles. The lowest BCUT2D eigenvalue weighted by atomic mass is 10.2. The minimum atomic E-state index is -0.378. The van der Waals surface area contributed by atoms with Gasteiger partial charge >= 0.3 is 0 Å². The predicted molar refractivity (Wildman–Crippen MR) is 90.7 cm³/mol. The van der Waals surface area contributed by atoms with Crippen LogP contribution in [0.1, 0.15) is 5.56 Å². The van der Waals surface area contributed by atoms with Crippen molar-refractivity contribution in [2.24, 2.45) is 5.10 Å². The first-order valence-electron chi connectivity index (χ1n) is 6.62. The highest BCUT2D eigenvalue weighted by Gasteiger charge is 2.02. The van der Waals surface area contributed by atoms with Crippen LogP contribution in [0.25, 0.3) is 0 Å². The van der Waals surface area contributed by atoms with Crippen molar-refractivity contribution in [2.45, 2.75) is 0 Å². The minimum Gasteiger partial charge on any atom is -0.497 e. The smallest absolute Gasteiger partial charge is 0.277 e. The first-order valence-corrected chi connectivity index (χ1v) is 7.38. The van der Waals surface area contributed by atoms with E-state index in [2.05, 4.69) is 10.5 Å². The van der Waals surface area contributed by atoms with Gasteiger partial charge < -0.3 is 9.47 Å². The molecule has 2 aromatic carbocycles. The number of nitrogens with zero attached hydrogens (tertiary/aromatic N) is 1. The van der Waals surface area contributed by atoms with Gasteiger partial charge in [-0.3, -0.25) is 4.79 Å². The Labute approximate surface area is 143 Å². The summed E-state index contributed by atoms with van der Waals surface area (Å²) >= 11 is 11.7. The summed E-state index contributed by atoms with van der Waals surface area (Å²) in [5.74, 6) is 0.902. The van der Waals surface area contributed by atoms with E-state index in [9.17, 15) is 4.79 Å². The van der Waals surface area contributed by atoms with Gasteiger partial charge in [0.2, 0.25) is 0 Å².